The minimum atomic E-state index is -0.165. The van der Waals surface area contributed by atoms with Gasteiger partial charge in [-0.2, -0.15) is 5.10 Å². The zero-order valence-electron chi connectivity index (χ0n) is 13.7. The number of rotatable bonds is 0. The molecule has 0 amide bonds. The van der Waals surface area contributed by atoms with Crippen LogP contribution in [-0.4, -0.2) is 25.7 Å². The maximum absolute atomic E-state index is 11.8. The summed E-state index contributed by atoms with van der Waals surface area (Å²) in [5.41, 5.74) is 6.18. The van der Waals surface area contributed by atoms with Gasteiger partial charge in [0.25, 0.3) is 0 Å². The van der Waals surface area contributed by atoms with E-state index >= 15 is 0 Å². The van der Waals surface area contributed by atoms with Gasteiger partial charge in [0.2, 0.25) is 5.91 Å². The SMILES string of the molecule is CC(=O)n1nc2c(c1C)-c1nc3ccccc3nc1C(C)(C)C2. The molecule has 2 aromatic heterocycles. The van der Waals surface area contributed by atoms with Gasteiger partial charge in [-0.15, -0.1) is 0 Å². The molecule has 116 valence electrons. The normalized spacial score (nSPS) is 15.3. The van der Waals surface area contributed by atoms with Gasteiger partial charge in [-0.1, -0.05) is 26.0 Å². The van der Waals surface area contributed by atoms with Crippen LogP contribution in [0.2, 0.25) is 0 Å². The van der Waals surface area contributed by atoms with Gasteiger partial charge < -0.3 is 0 Å². The summed E-state index contributed by atoms with van der Waals surface area (Å²) < 4.78 is 1.48. The molecular formula is C18H18N4O. The van der Waals surface area contributed by atoms with E-state index in [0.29, 0.717) is 0 Å². The topological polar surface area (TPSA) is 60.7 Å². The van der Waals surface area contributed by atoms with Gasteiger partial charge in [0.05, 0.1) is 33.8 Å². The standard InChI is InChI=1S/C18H18N4O/c1-10-15-14(21-22(10)11(2)23)9-18(3,4)17-16(15)19-12-7-5-6-8-13(12)20-17/h5-8H,9H2,1-4H3. The van der Waals surface area contributed by atoms with Gasteiger partial charge >= 0.3 is 0 Å². The lowest BCUT2D eigenvalue weighted by atomic mass is 9.76. The molecule has 5 nitrogen and oxygen atoms in total. The third-order valence-electron chi connectivity index (χ3n) is 4.54. The summed E-state index contributed by atoms with van der Waals surface area (Å²) in [7, 11) is 0. The van der Waals surface area contributed by atoms with Crippen LogP contribution in [0.5, 0.6) is 0 Å². The number of hydrogen-bond donors (Lipinski definition) is 0. The Hall–Kier alpha value is -2.56. The number of carbonyl (C=O) groups excluding carboxylic acids is 1. The highest BCUT2D eigenvalue weighted by Gasteiger charge is 2.37. The first-order valence-corrected chi connectivity index (χ1v) is 7.75. The molecule has 23 heavy (non-hydrogen) atoms. The quantitative estimate of drug-likeness (QED) is 0.639. The Morgan fingerprint density at radius 2 is 1.83 bits per heavy atom. The molecule has 5 heteroatoms. The highest BCUT2D eigenvalue weighted by Crippen LogP contribution is 2.42. The minimum absolute atomic E-state index is 0.0787. The number of nitrogens with zero attached hydrogens (tertiary/aromatic N) is 4. The molecule has 0 fully saturated rings. The van der Waals surface area contributed by atoms with Gasteiger partial charge in [-0.3, -0.25) is 4.79 Å². The van der Waals surface area contributed by atoms with Crippen LogP contribution >= 0.6 is 0 Å². The van der Waals surface area contributed by atoms with Crippen LogP contribution in [0, 0.1) is 6.92 Å². The molecule has 3 aromatic rings. The first-order chi connectivity index (χ1) is 10.9. The summed E-state index contributed by atoms with van der Waals surface area (Å²) in [4.78, 5) is 21.6. The molecule has 0 saturated heterocycles. The Morgan fingerprint density at radius 1 is 1.17 bits per heavy atom. The third kappa shape index (κ3) is 1.92. The van der Waals surface area contributed by atoms with Crippen molar-refractivity contribution in [3.05, 3.63) is 41.3 Å². The molecular weight excluding hydrogens is 288 g/mol. The molecule has 0 spiro atoms. The summed E-state index contributed by atoms with van der Waals surface area (Å²) in [5, 5.41) is 4.52. The first kappa shape index (κ1) is 14.1. The summed E-state index contributed by atoms with van der Waals surface area (Å²) in [5.74, 6) is -0.0787. The number of fused-ring (bicyclic) bond motifs is 4. The number of aromatic nitrogens is 4. The zero-order chi connectivity index (χ0) is 16.4. The van der Waals surface area contributed by atoms with E-state index in [2.05, 4.69) is 18.9 Å². The molecule has 0 radical (unpaired) electrons. The van der Waals surface area contributed by atoms with Crippen LogP contribution in [0.15, 0.2) is 24.3 Å². The predicted molar refractivity (Wildman–Crippen MR) is 88.5 cm³/mol. The Balaban J connectivity index is 2.10. The Labute approximate surface area is 134 Å². The van der Waals surface area contributed by atoms with Crippen molar-refractivity contribution in [2.24, 2.45) is 0 Å². The van der Waals surface area contributed by atoms with Gasteiger partial charge in [-0.25, -0.2) is 14.6 Å². The summed E-state index contributed by atoms with van der Waals surface area (Å²) in [6.07, 6.45) is 0.753. The van der Waals surface area contributed by atoms with Gasteiger partial charge in [0.15, 0.2) is 0 Å². The van der Waals surface area contributed by atoms with Crippen LogP contribution in [0.25, 0.3) is 22.3 Å². The Bertz CT molecular complexity index is 969. The van der Waals surface area contributed by atoms with E-state index in [0.717, 1.165) is 45.8 Å². The Morgan fingerprint density at radius 3 is 2.48 bits per heavy atom. The lowest BCUT2D eigenvalue weighted by Crippen LogP contribution is -2.28. The van der Waals surface area contributed by atoms with E-state index in [9.17, 15) is 4.79 Å². The monoisotopic (exact) mass is 306 g/mol. The van der Waals surface area contributed by atoms with Crippen molar-refractivity contribution >= 4 is 16.9 Å². The van der Waals surface area contributed by atoms with Gasteiger partial charge in [0, 0.05) is 24.3 Å². The van der Waals surface area contributed by atoms with Crippen LogP contribution in [0.1, 0.15) is 42.6 Å². The van der Waals surface area contributed by atoms with Gasteiger partial charge in [0.1, 0.15) is 0 Å². The molecule has 0 atom stereocenters. The van der Waals surface area contributed by atoms with E-state index < -0.39 is 0 Å². The molecule has 1 aliphatic carbocycles. The van der Waals surface area contributed by atoms with E-state index in [4.69, 9.17) is 9.97 Å². The van der Waals surface area contributed by atoms with Crippen molar-refractivity contribution in [1.29, 1.82) is 0 Å². The molecule has 4 rings (SSSR count). The van der Waals surface area contributed by atoms with E-state index in [-0.39, 0.29) is 11.3 Å². The fourth-order valence-corrected chi connectivity index (χ4v) is 3.45. The molecule has 0 unspecified atom stereocenters. The summed E-state index contributed by atoms with van der Waals surface area (Å²) in [6.45, 7) is 7.76. The van der Waals surface area contributed by atoms with Crippen LogP contribution in [0.4, 0.5) is 0 Å². The highest BCUT2D eigenvalue weighted by atomic mass is 16.2. The average Bonchev–Trinajstić information content (AvgIpc) is 2.82. The largest absolute Gasteiger partial charge is 0.273 e. The smallest absolute Gasteiger partial charge is 0.243 e. The second kappa shape index (κ2) is 4.47. The number of carbonyl (C=O) groups is 1. The van der Waals surface area contributed by atoms with Gasteiger partial charge in [-0.05, 0) is 19.1 Å². The predicted octanol–water partition coefficient (Wildman–Crippen LogP) is 3.30. The third-order valence-corrected chi connectivity index (χ3v) is 4.54. The van der Waals surface area contributed by atoms with Crippen LogP contribution in [-0.2, 0) is 11.8 Å². The van der Waals surface area contributed by atoms with E-state index in [1.54, 1.807) is 0 Å². The molecule has 0 N–H and O–H groups in total. The fraction of sp³-hybridized carbons (Fsp3) is 0.333. The second-order valence-electron chi connectivity index (χ2n) is 6.81. The van der Waals surface area contributed by atoms with Crippen molar-refractivity contribution in [2.45, 2.75) is 39.5 Å². The van der Waals surface area contributed by atoms with Crippen molar-refractivity contribution in [3.63, 3.8) is 0 Å². The lowest BCUT2D eigenvalue weighted by Gasteiger charge is -2.30. The first-order valence-electron chi connectivity index (χ1n) is 7.75. The fourth-order valence-electron chi connectivity index (χ4n) is 3.45. The molecule has 2 heterocycles. The molecule has 0 bridgehead atoms. The van der Waals surface area contributed by atoms with Crippen molar-refractivity contribution < 1.29 is 4.79 Å². The molecule has 0 saturated carbocycles. The van der Waals surface area contributed by atoms with Crippen molar-refractivity contribution in [1.82, 2.24) is 19.7 Å². The zero-order valence-corrected chi connectivity index (χ0v) is 13.7. The average molecular weight is 306 g/mol. The number of hydrogen-bond acceptors (Lipinski definition) is 4. The maximum atomic E-state index is 11.8. The summed E-state index contributed by atoms with van der Waals surface area (Å²) in [6, 6.07) is 7.89. The molecule has 1 aliphatic rings. The number of benzene rings is 1. The van der Waals surface area contributed by atoms with Crippen LogP contribution in [0.3, 0.4) is 0 Å². The summed E-state index contributed by atoms with van der Waals surface area (Å²) >= 11 is 0. The van der Waals surface area contributed by atoms with Crippen molar-refractivity contribution in [2.75, 3.05) is 0 Å². The maximum Gasteiger partial charge on any atom is 0.243 e. The second-order valence-corrected chi connectivity index (χ2v) is 6.81. The lowest BCUT2D eigenvalue weighted by molar-refractivity contribution is 0.0918. The van der Waals surface area contributed by atoms with Crippen molar-refractivity contribution in [3.8, 4) is 11.3 Å². The number of para-hydroxylation sites is 2. The Kier molecular flexibility index (Phi) is 2.73. The van der Waals surface area contributed by atoms with E-state index in [1.807, 2.05) is 31.2 Å². The minimum Gasteiger partial charge on any atom is -0.273 e. The highest BCUT2D eigenvalue weighted by molar-refractivity contribution is 5.84. The molecule has 1 aromatic carbocycles. The molecule has 0 aliphatic heterocycles. The van der Waals surface area contributed by atoms with Crippen LogP contribution < -0.4 is 0 Å². The van der Waals surface area contributed by atoms with E-state index in [1.165, 1.54) is 11.6 Å².